The minimum Gasteiger partial charge on any atom is -0.465 e. The number of carbonyl (C=O) groups is 4. The Labute approximate surface area is 291 Å². The molecule has 0 unspecified atom stereocenters. The predicted molar refractivity (Wildman–Crippen MR) is 180 cm³/mol. The van der Waals surface area contributed by atoms with Crippen LogP contribution >= 0.6 is 0 Å². The van der Waals surface area contributed by atoms with Crippen LogP contribution in [0, 0.1) is 11.6 Å². The molecule has 4 amide bonds. The number of likely N-dealkylation sites (tertiary alicyclic amines) is 2. The lowest BCUT2D eigenvalue weighted by atomic mass is 10.00. The van der Waals surface area contributed by atoms with E-state index < -0.39 is 41.9 Å². The third-order valence-corrected chi connectivity index (χ3v) is 9.35. The maximum Gasteiger partial charge on any atom is 0.407 e. The maximum absolute atomic E-state index is 15.5. The minimum atomic E-state index is -1.27. The number of alkyl carbamates (subject to hydrolysis) is 1. The van der Waals surface area contributed by atoms with E-state index in [-0.39, 0.29) is 34.7 Å². The van der Waals surface area contributed by atoms with Crippen LogP contribution in [0.25, 0.3) is 33.6 Å². The van der Waals surface area contributed by atoms with Crippen molar-refractivity contribution in [2.75, 3.05) is 20.2 Å². The number of aromatic amines is 2. The molecule has 16 heteroatoms. The van der Waals surface area contributed by atoms with Crippen LogP contribution in [0.2, 0.25) is 0 Å². The fourth-order valence-electron chi connectivity index (χ4n) is 6.77. The second-order valence-electron chi connectivity index (χ2n) is 12.7. The molecule has 2 aromatic carbocycles. The predicted octanol–water partition coefficient (Wildman–Crippen LogP) is 5.14. The Bertz CT molecular complexity index is 1950. The number of benzene rings is 2. The van der Waals surface area contributed by atoms with Gasteiger partial charge >= 0.3 is 12.2 Å². The molecule has 2 aliphatic heterocycles. The van der Waals surface area contributed by atoms with Crippen LogP contribution in [0.4, 0.5) is 18.4 Å². The van der Waals surface area contributed by atoms with Crippen molar-refractivity contribution in [3.05, 3.63) is 72.1 Å². The molecule has 6 rings (SSSR count). The number of carboxylic acid groups (broad SMARTS) is 1. The third kappa shape index (κ3) is 7.25. The Kier molecular flexibility index (Phi) is 10.0. The molecule has 2 fully saturated rings. The summed E-state index contributed by atoms with van der Waals surface area (Å²) in [7, 11) is 1.21. The molecule has 51 heavy (non-hydrogen) atoms. The number of H-pyrrole nitrogens is 2. The number of halogens is 2. The topological polar surface area (TPSA) is 186 Å². The average molecular weight is 705 g/mol. The summed E-state index contributed by atoms with van der Waals surface area (Å²) in [6.45, 7) is 4.01. The molecule has 2 aliphatic rings. The molecule has 5 N–H and O–H groups in total. The molecule has 268 valence electrons. The van der Waals surface area contributed by atoms with Gasteiger partial charge in [0.05, 0.1) is 43.0 Å². The SMILES string of the molecule is COC(=O)N[C@@H](C)C(=O)N1CCC[C@H]1c1ncc(-c2cc(F)c(-c3ccc(-c4cnc([C@@H]5CCCN5C(=O)[C@H](C)NC(=O)O)[nH]4)cc3)cc2F)[nH]1. The zero-order valence-electron chi connectivity index (χ0n) is 28.2. The first-order valence-corrected chi connectivity index (χ1v) is 16.6. The highest BCUT2D eigenvalue weighted by Gasteiger charge is 2.36. The molecule has 2 saturated heterocycles. The molecule has 0 aliphatic carbocycles. The van der Waals surface area contributed by atoms with Crippen LogP contribution in [0.15, 0.2) is 48.8 Å². The Morgan fingerprint density at radius 1 is 0.804 bits per heavy atom. The molecule has 0 saturated carbocycles. The summed E-state index contributed by atoms with van der Waals surface area (Å²) in [6, 6.07) is 6.63. The van der Waals surface area contributed by atoms with Gasteiger partial charge in [0, 0.05) is 24.2 Å². The van der Waals surface area contributed by atoms with Crippen molar-refractivity contribution in [2.24, 2.45) is 0 Å². The first kappa shape index (κ1) is 35.0. The number of hydrogen-bond acceptors (Lipinski definition) is 7. The van der Waals surface area contributed by atoms with Crippen LogP contribution in [0.3, 0.4) is 0 Å². The standard InChI is InChI=1S/C35H38F2N8O6/c1-18(40-34(48)49)32(46)44-12-4-6-28(44)30-38-16-26(42-30)21-10-8-20(9-11-21)22-14-25(37)23(15-24(22)36)27-17-39-31(43-27)29-7-5-13-45(29)33(47)19(2)41-35(50)51-3/h8-11,14-19,28-29,40H,4-7,12-13H2,1-3H3,(H,38,42)(H,39,43)(H,41,50)(H,48,49)/t18-,19-,28-,29-/m0/s1. The van der Waals surface area contributed by atoms with Crippen molar-refractivity contribution in [3.63, 3.8) is 0 Å². The zero-order chi connectivity index (χ0) is 36.4. The largest absolute Gasteiger partial charge is 0.465 e. The molecular formula is C35H38F2N8O6. The summed E-state index contributed by atoms with van der Waals surface area (Å²) < 4.78 is 35.7. The molecule has 0 radical (unpaired) electrons. The molecule has 2 aromatic heterocycles. The van der Waals surface area contributed by atoms with Gasteiger partial charge in [0.1, 0.15) is 35.4 Å². The smallest absolute Gasteiger partial charge is 0.407 e. The summed E-state index contributed by atoms with van der Waals surface area (Å²) >= 11 is 0. The van der Waals surface area contributed by atoms with Crippen LogP contribution in [0.5, 0.6) is 0 Å². The second-order valence-corrected chi connectivity index (χ2v) is 12.7. The van der Waals surface area contributed by atoms with E-state index in [4.69, 9.17) is 5.11 Å². The molecule has 0 bridgehead atoms. The van der Waals surface area contributed by atoms with Gasteiger partial charge in [-0.3, -0.25) is 9.59 Å². The van der Waals surface area contributed by atoms with Crippen molar-refractivity contribution >= 4 is 24.0 Å². The van der Waals surface area contributed by atoms with Gasteiger partial charge in [-0.2, -0.15) is 0 Å². The zero-order valence-corrected chi connectivity index (χ0v) is 28.2. The summed E-state index contributed by atoms with van der Waals surface area (Å²) in [5.41, 5.74) is 2.17. The maximum atomic E-state index is 15.5. The summed E-state index contributed by atoms with van der Waals surface area (Å²) in [5.74, 6) is -0.940. The number of imidazole rings is 2. The monoisotopic (exact) mass is 704 g/mol. The van der Waals surface area contributed by atoms with Gasteiger partial charge in [0.25, 0.3) is 0 Å². The highest BCUT2D eigenvalue weighted by Crippen LogP contribution is 2.36. The van der Waals surface area contributed by atoms with E-state index in [1.165, 1.54) is 20.2 Å². The summed E-state index contributed by atoms with van der Waals surface area (Å²) in [4.78, 5) is 66.9. The highest BCUT2D eigenvalue weighted by atomic mass is 19.1. The molecule has 4 aromatic rings. The minimum absolute atomic E-state index is 0.0132. The van der Waals surface area contributed by atoms with Gasteiger partial charge in [-0.25, -0.2) is 28.3 Å². The fourth-order valence-corrected chi connectivity index (χ4v) is 6.77. The van der Waals surface area contributed by atoms with Crippen molar-refractivity contribution in [2.45, 2.75) is 63.7 Å². The Hall–Kier alpha value is -5.80. The number of methoxy groups -OCH3 is 1. The van der Waals surface area contributed by atoms with E-state index in [1.807, 2.05) is 0 Å². The van der Waals surface area contributed by atoms with Crippen molar-refractivity contribution in [1.29, 1.82) is 0 Å². The van der Waals surface area contributed by atoms with Gasteiger partial charge in [-0.15, -0.1) is 0 Å². The summed E-state index contributed by atoms with van der Waals surface area (Å²) in [6.07, 6.45) is 3.80. The lowest BCUT2D eigenvalue weighted by Crippen LogP contribution is -2.46. The van der Waals surface area contributed by atoms with Crippen LogP contribution in [0.1, 0.15) is 63.3 Å². The quantitative estimate of drug-likeness (QED) is 0.159. The van der Waals surface area contributed by atoms with Crippen molar-refractivity contribution < 1.29 is 37.8 Å². The van der Waals surface area contributed by atoms with Crippen LogP contribution in [-0.2, 0) is 14.3 Å². The van der Waals surface area contributed by atoms with E-state index >= 15 is 8.78 Å². The van der Waals surface area contributed by atoms with E-state index in [0.717, 1.165) is 24.1 Å². The molecule has 4 heterocycles. The summed E-state index contributed by atoms with van der Waals surface area (Å²) in [5, 5.41) is 13.7. The Morgan fingerprint density at radius 3 is 1.86 bits per heavy atom. The number of carbonyl (C=O) groups excluding carboxylic acids is 3. The van der Waals surface area contributed by atoms with Crippen LogP contribution in [-0.4, -0.2) is 91.1 Å². The van der Waals surface area contributed by atoms with Gasteiger partial charge in [0.2, 0.25) is 11.8 Å². The molecular weight excluding hydrogens is 666 g/mol. The Morgan fingerprint density at radius 2 is 1.29 bits per heavy atom. The first-order valence-electron chi connectivity index (χ1n) is 16.6. The molecule has 14 nitrogen and oxygen atoms in total. The Balaban J connectivity index is 1.15. The highest BCUT2D eigenvalue weighted by molar-refractivity contribution is 5.86. The van der Waals surface area contributed by atoms with Crippen molar-refractivity contribution in [1.82, 2.24) is 40.4 Å². The van der Waals surface area contributed by atoms with E-state index in [1.54, 1.807) is 47.2 Å². The number of hydrogen-bond donors (Lipinski definition) is 5. The lowest BCUT2D eigenvalue weighted by Gasteiger charge is -2.26. The first-order chi connectivity index (χ1) is 24.4. The fraction of sp³-hybridized carbons (Fsp3) is 0.371. The number of aromatic nitrogens is 4. The van der Waals surface area contributed by atoms with Crippen LogP contribution < -0.4 is 10.6 Å². The number of nitrogens with zero attached hydrogens (tertiary/aromatic N) is 4. The van der Waals surface area contributed by atoms with E-state index in [0.29, 0.717) is 55.3 Å². The number of amides is 4. The number of nitrogens with one attached hydrogen (secondary N) is 4. The number of ether oxygens (including phenoxy) is 1. The third-order valence-electron chi connectivity index (χ3n) is 9.35. The van der Waals surface area contributed by atoms with Gasteiger partial charge in [-0.05, 0) is 62.8 Å². The second kappa shape index (κ2) is 14.6. The lowest BCUT2D eigenvalue weighted by molar-refractivity contribution is -0.134. The average Bonchev–Trinajstić information content (AvgIpc) is 3.94. The van der Waals surface area contributed by atoms with Gasteiger partial charge in [0.15, 0.2) is 0 Å². The number of rotatable bonds is 9. The van der Waals surface area contributed by atoms with Crippen molar-refractivity contribution in [3.8, 4) is 33.6 Å². The van der Waals surface area contributed by atoms with E-state index in [9.17, 15) is 19.2 Å². The normalized spacial score (nSPS) is 18.4. The van der Waals surface area contributed by atoms with Gasteiger partial charge < -0.3 is 40.2 Å². The van der Waals surface area contributed by atoms with Gasteiger partial charge in [-0.1, -0.05) is 24.3 Å². The molecule has 4 atom stereocenters. The molecule has 0 spiro atoms. The van der Waals surface area contributed by atoms with E-state index in [2.05, 4.69) is 35.3 Å².